The molecule has 2 aromatic heterocycles. The molecule has 1 saturated heterocycles. The lowest BCUT2D eigenvalue weighted by Gasteiger charge is -2.30. The van der Waals surface area contributed by atoms with Gasteiger partial charge in [-0.15, -0.1) is 13.2 Å². The van der Waals surface area contributed by atoms with Crippen LogP contribution < -0.4 is 10.1 Å². The fourth-order valence-electron chi connectivity index (χ4n) is 4.38. The molecule has 0 spiro atoms. The van der Waals surface area contributed by atoms with Crippen molar-refractivity contribution in [1.29, 1.82) is 0 Å². The second-order valence-electron chi connectivity index (χ2n) is 8.62. The van der Waals surface area contributed by atoms with Crippen LogP contribution >= 0.6 is 0 Å². The summed E-state index contributed by atoms with van der Waals surface area (Å²) in [6, 6.07) is 5.59. The number of nitrogens with one attached hydrogen (secondary N) is 1. The van der Waals surface area contributed by atoms with E-state index in [1.54, 1.807) is 24.2 Å². The van der Waals surface area contributed by atoms with Crippen molar-refractivity contribution in [3.63, 3.8) is 0 Å². The van der Waals surface area contributed by atoms with Crippen LogP contribution in [0.1, 0.15) is 39.5 Å². The number of halogens is 3. The van der Waals surface area contributed by atoms with Gasteiger partial charge in [0.15, 0.2) is 0 Å². The maximum Gasteiger partial charge on any atom is 0.573 e. The number of nitrogens with zero attached hydrogens (tertiary/aromatic N) is 5. The summed E-state index contributed by atoms with van der Waals surface area (Å²) in [5.74, 6) is -0.294. The molecule has 184 valence electrons. The number of rotatable bonds is 5. The van der Waals surface area contributed by atoms with Crippen LogP contribution in [0.5, 0.6) is 5.75 Å². The second-order valence-corrected chi connectivity index (χ2v) is 8.62. The van der Waals surface area contributed by atoms with Crippen LogP contribution in [0.25, 0.3) is 11.3 Å². The highest BCUT2D eigenvalue weighted by Crippen LogP contribution is 2.34. The van der Waals surface area contributed by atoms with Crippen molar-refractivity contribution in [1.82, 2.24) is 29.5 Å². The van der Waals surface area contributed by atoms with Crippen LogP contribution in [-0.2, 0) is 20.0 Å². The lowest BCUT2D eigenvalue weighted by molar-refractivity contribution is -0.274. The standard InChI is InChI=1S/C23H23F3N6O3/c1-30-20(16(12-27-30)22(34)31-8-4-9-31)21(33)28-14-7-10-32-13-17(29-19(32)11-14)15-5-2-3-6-18(15)35-23(24,25)26/h2-3,5-6,12-14H,4,7-11H2,1H3,(H,28,33)/t14-/m1/s1. The molecule has 1 aromatic carbocycles. The van der Waals surface area contributed by atoms with Crippen LogP contribution in [0.3, 0.4) is 0 Å². The van der Waals surface area contributed by atoms with Gasteiger partial charge in [0.1, 0.15) is 17.3 Å². The topological polar surface area (TPSA) is 94.3 Å². The summed E-state index contributed by atoms with van der Waals surface area (Å²) >= 11 is 0. The summed E-state index contributed by atoms with van der Waals surface area (Å²) in [4.78, 5) is 31.9. The number of carbonyl (C=O) groups excluding carboxylic acids is 2. The maximum absolute atomic E-state index is 13.1. The largest absolute Gasteiger partial charge is 0.573 e. The van der Waals surface area contributed by atoms with E-state index in [1.807, 2.05) is 4.57 Å². The third-order valence-corrected chi connectivity index (χ3v) is 6.26. The van der Waals surface area contributed by atoms with Crippen molar-refractivity contribution >= 4 is 11.8 Å². The average Bonchev–Trinajstić information content (AvgIpc) is 3.34. The van der Waals surface area contributed by atoms with Gasteiger partial charge in [-0.2, -0.15) is 5.10 Å². The van der Waals surface area contributed by atoms with Crippen LogP contribution in [-0.4, -0.2) is 61.5 Å². The highest BCUT2D eigenvalue weighted by atomic mass is 19.4. The molecule has 1 fully saturated rings. The Morgan fingerprint density at radius 3 is 2.66 bits per heavy atom. The Hall–Kier alpha value is -3.83. The zero-order valence-electron chi connectivity index (χ0n) is 18.9. The SMILES string of the molecule is Cn1ncc(C(=O)N2CCC2)c1C(=O)N[C@@H]1CCn2cc(-c3ccccc3OC(F)(F)F)nc2C1. The first-order valence-corrected chi connectivity index (χ1v) is 11.2. The van der Waals surface area contributed by atoms with E-state index in [0.717, 1.165) is 6.42 Å². The number of carbonyl (C=O) groups is 2. The summed E-state index contributed by atoms with van der Waals surface area (Å²) in [6.07, 6.45) is 0.222. The molecule has 4 heterocycles. The molecule has 0 aliphatic carbocycles. The predicted molar refractivity (Wildman–Crippen MR) is 118 cm³/mol. The van der Waals surface area contributed by atoms with Crippen LogP contribution in [0.15, 0.2) is 36.7 Å². The first-order valence-electron chi connectivity index (χ1n) is 11.2. The highest BCUT2D eigenvalue weighted by Gasteiger charge is 2.33. The van der Waals surface area contributed by atoms with Gasteiger partial charge in [0, 0.05) is 50.9 Å². The lowest BCUT2D eigenvalue weighted by atomic mass is 10.1. The van der Waals surface area contributed by atoms with Crippen molar-refractivity contribution in [2.75, 3.05) is 13.1 Å². The molecule has 35 heavy (non-hydrogen) atoms. The van der Waals surface area contributed by atoms with E-state index >= 15 is 0 Å². The Morgan fingerprint density at radius 2 is 1.94 bits per heavy atom. The summed E-state index contributed by atoms with van der Waals surface area (Å²) in [6.45, 7) is 1.86. The van der Waals surface area contributed by atoms with E-state index in [0.29, 0.717) is 44.0 Å². The van der Waals surface area contributed by atoms with E-state index in [9.17, 15) is 22.8 Å². The molecule has 0 bridgehead atoms. The molecule has 2 aliphatic rings. The summed E-state index contributed by atoms with van der Waals surface area (Å²) in [7, 11) is 1.61. The molecule has 1 atom stereocenters. The molecule has 5 rings (SSSR count). The number of fused-ring (bicyclic) bond motifs is 1. The Balaban J connectivity index is 1.32. The van der Waals surface area contributed by atoms with E-state index < -0.39 is 12.3 Å². The number of para-hydroxylation sites is 1. The molecule has 2 amide bonds. The molecule has 2 aliphatic heterocycles. The fraction of sp³-hybridized carbons (Fsp3) is 0.391. The third-order valence-electron chi connectivity index (χ3n) is 6.26. The third kappa shape index (κ3) is 4.60. The number of amides is 2. The van der Waals surface area contributed by atoms with Crippen molar-refractivity contribution < 1.29 is 27.5 Å². The zero-order chi connectivity index (χ0) is 24.7. The Morgan fingerprint density at radius 1 is 1.17 bits per heavy atom. The zero-order valence-corrected chi connectivity index (χ0v) is 18.9. The highest BCUT2D eigenvalue weighted by molar-refractivity contribution is 6.06. The van der Waals surface area contributed by atoms with Gasteiger partial charge < -0.3 is 19.5 Å². The van der Waals surface area contributed by atoms with Crippen molar-refractivity contribution in [3.05, 3.63) is 53.7 Å². The number of hydrogen-bond acceptors (Lipinski definition) is 5. The molecule has 1 N–H and O–H groups in total. The number of imidazole rings is 1. The maximum atomic E-state index is 13.1. The first kappa shape index (κ1) is 22.9. The first-order chi connectivity index (χ1) is 16.7. The van der Waals surface area contributed by atoms with E-state index in [-0.39, 0.29) is 34.5 Å². The van der Waals surface area contributed by atoms with Gasteiger partial charge in [0.2, 0.25) is 0 Å². The minimum Gasteiger partial charge on any atom is -0.405 e. The van der Waals surface area contributed by atoms with Gasteiger partial charge in [-0.1, -0.05) is 12.1 Å². The molecule has 0 radical (unpaired) electrons. The Kier molecular flexibility index (Phi) is 5.73. The smallest absolute Gasteiger partial charge is 0.405 e. The van der Waals surface area contributed by atoms with Crippen LogP contribution in [0.2, 0.25) is 0 Å². The van der Waals surface area contributed by atoms with E-state index in [1.165, 1.54) is 29.1 Å². The van der Waals surface area contributed by atoms with Crippen LogP contribution in [0.4, 0.5) is 13.2 Å². The summed E-state index contributed by atoms with van der Waals surface area (Å²) in [5.41, 5.74) is 1.07. The monoisotopic (exact) mass is 488 g/mol. The molecular weight excluding hydrogens is 465 g/mol. The number of alkyl halides is 3. The molecular formula is C23H23F3N6O3. The molecule has 0 unspecified atom stereocenters. The number of ether oxygens (including phenoxy) is 1. The Labute approximate surface area is 198 Å². The quantitative estimate of drug-likeness (QED) is 0.596. The molecule has 3 aromatic rings. The second kappa shape index (κ2) is 8.75. The van der Waals surface area contributed by atoms with Gasteiger partial charge in [0.05, 0.1) is 17.5 Å². The van der Waals surface area contributed by atoms with Gasteiger partial charge in [-0.3, -0.25) is 14.3 Å². The molecule has 0 saturated carbocycles. The van der Waals surface area contributed by atoms with Crippen molar-refractivity contribution in [3.8, 4) is 17.0 Å². The van der Waals surface area contributed by atoms with E-state index in [2.05, 4.69) is 20.1 Å². The average molecular weight is 488 g/mol. The van der Waals surface area contributed by atoms with E-state index in [4.69, 9.17) is 0 Å². The van der Waals surface area contributed by atoms with Crippen molar-refractivity contribution in [2.45, 2.75) is 38.2 Å². The predicted octanol–water partition coefficient (Wildman–Crippen LogP) is 2.77. The number of benzene rings is 1. The fourth-order valence-corrected chi connectivity index (χ4v) is 4.38. The minimum atomic E-state index is -4.81. The summed E-state index contributed by atoms with van der Waals surface area (Å²) < 4.78 is 45.8. The van der Waals surface area contributed by atoms with Crippen LogP contribution in [0, 0.1) is 0 Å². The number of likely N-dealkylation sites (tertiary alicyclic amines) is 1. The number of aromatic nitrogens is 4. The van der Waals surface area contributed by atoms with Crippen molar-refractivity contribution in [2.24, 2.45) is 7.05 Å². The lowest BCUT2D eigenvalue weighted by Crippen LogP contribution is -2.44. The van der Waals surface area contributed by atoms with Gasteiger partial charge in [0.25, 0.3) is 11.8 Å². The molecule has 12 heteroatoms. The Bertz CT molecular complexity index is 1280. The summed E-state index contributed by atoms with van der Waals surface area (Å²) in [5, 5.41) is 7.07. The number of hydrogen-bond donors (Lipinski definition) is 1. The van der Waals surface area contributed by atoms with Gasteiger partial charge >= 0.3 is 6.36 Å². The van der Waals surface area contributed by atoms with Gasteiger partial charge in [-0.05, 0) is 25.0 Å². The minimum absolute atomic E-state index is 0.203. The van der Waals surface area contributed by atoms with Gasteiger partial charge in [-0.25, -0.2) is 4.98 Å². The number of aryl methyl sites for hydroxylation is 2. The normalized spacial score (nSPS) is 17.5. The molecule has 9 nitrogen and oxygen atoms in total.